The molecule has 0 amide bonds. The second-order valence-electron chi connectivity index (χ2n) is 4.96. The predicted molar refractivity (Wildman–Crippen MR) is 79.5 cm³/mol. The molecule has 2 nitrogen and oxygen atoms in total. The number of aryl methyl sites for hydroxylation is 2. The Kier molecular flexibility index (Phi) is 4.58. The molecule has 2 aromatic carbocycles. The lowest BCUT2D eigenvalue weighted by atomic mass is 9.97. The van der Waals surface area contributed by atoms with Crippen molar-refractivity contribution in [1.29, 1.82) is 0 Å². The summed E-state index contributed by atoms with van der Waals surface area (Å²) >= 11 is 0. The quantitative estimate of drug-likeness (QED) is 0.890. The molecule has 0 aliphatic heterocycles. The number of hydrogen-bond acceptors (Lipinski definition) is 2. The van der Waals surface area contributed by atoms with Crippen molar-refractivity contribution in [3.63, 3.8) is 0 Å². The molecule has 0 radical (unpaired) electrons. The van der Waals surface area contributed by atoms with Crippen LogP contribution in [0.5, 0.6) is 5.75 Å². The number of ether oxygens (including phenoxy) is 1. The summed E-state index contributed by atoms with van der Waals surface area (Å²) in [5, 5.41) is 0. The van der Waals surface area contributed by atoms with Gasteiger partial charge in [-0.2, -0.15) is 0 Å². The van der Waals surface area contributed by atoms with Crippen molar-refractivity contribution in [1.82, 2.24) is 0 Å². The standard InChI is InChI=1S/C17H21NO/c1-13-7-6-8-14(2)17(13)11-15(18)12-19-16-9-4-3-5-10-16/h3-10,15H,11-12,18H2,1-2H3. The fourth-order valence-corrected chi connectivity index (χ4v) is 2.21. The minimum atomic E-state index is 0.0139. The van der Waals surface area contributed by atoms with E-state index >= 15 is 0 Å². The molecule has 0 aliphatic rings. The van der Waals surface area contributed by atoms with E-state index in [2.05, 4.69) is 32.0 Å². The first kappa shape index (κ1) is 13.6. The Balaban J connectivity index is 1.93. The van der Waals surface area contributed by atoms with Crippen LogP contribution in [0.1, 0.15) is 16.7 Å². The summed E-state index contributed by atoms with van der Waals surface area (Å²) in [5.74, 6) is 0.874. The van der Waals surface area contributed by atoms with Gasteiger partial charge in [0.05, 0.1) is 0 Å². The van der Waals surface area contributed by atoms with Crippen LogP contribution < -0.4 is 10.5 Å². The minimum absolute atomic E-state index is 0.0139. The molecule has 0 saturated heterocycles. The molecule has 0 aromatic heterocycles. The van der Waals surface area contributed by atoms with E-state index in [9.17, 15) is 0 Å². The molecule has 100 valence electrons. The van der Waals surface area contributed by atoms with E-state index in [1.54, 1.807) is 0 Å². The summed E-state index contributed by atoms with van der Waals surface area (Å²) in [6, 6.07) is 16.2. The zero-order chi connectivity index (χ0) is 13.7. The molecule has 2 heteroatoms. The number of nitrogens with two attached hydrogens (primary N) is 1. The molecule has 1 atom stereocenters. The Morgan fingerprint density at radius 3 is 2.21 bits per heavy atom. The van der Waals surface area contributed by atoms with Gasteiger partial charge < -0.3 is 10.5 Å². The smallest absolute Gasteiger partial charge is 0.119 e. The Morgan fingerprint density at radius 2 is 1.58 bits per heavy atom. The maximum Gasteiger partial charge on any atom is 0.119 e. The lowest BCUT2D eigenvalue weighted by molar-refractivity contribution is 0.287. The van der Waals surface area contributed by atoms with Gasteiger partial charge in [0.25, 0.3) is 0 Å². The van der Waals surface area contributed by atoms with Gasteiger partial charge in [-0.15, -0.1) is 0 Å². The molecular formula is C17H21NO. The fourth-order valence-electron chi connectivity index (χ4n) is 2.21. The van der Waals surface area contributed by atoms with Crippen molar-refractivity contribution in [2.45, 2.75) is 26.3 Å². The third-order valence-electron chi connectivity index (χ3n) is 3.32. The van der Waals surface area contributed by atoms with E-state index in [-0.39, 0.29) is 6.04 Å². The SMILES string of the molecule is Cc1cccc(C)c1CC(N)COc1ccccc1. The Bertz CT molecular complexity index is 502. The van der Waals surface area contributed by atoms with E-state index in [1.807, 2.05) is 30.3 Å². The van der Waals surface area contributed by atoms with Crippen LogP contribution in [0.2, 0.25) is 0 Å². The molecule has 0 bridgehead atoms. The molecule has 2 aromatic rings. The van der Waals surface area contributed by atoms with Gasteiger partial charge >= 0.3 is 0 Å². The zero-order valence-corrected chi connectivity index (χ0v) is 11.6. The first-order valence-electron chi connectivity index (χ1n) is 6.65. The van der Waals surface area contributed by atoms with E-state index in [0.717, 1.165) is 12.2 Å². The van der Waals surface area contributed by atoms with E-state index < -0.39 is 0 Å². The van der Waals surface area contributed by atoms with Crippen LogP contribution in [0.25, 0.3) is 0 Å². The zero-order valence-electron chi connectivity index (χ0n) is 11.6. The van der Waals surface area contributed by atoms with Crippen LogP contribution in [0.4, 0.5) is 0 Å². The maximum absolute atomic E-state index is 6.17. The Morgan fingerprint density at radius 1 is 0.947 bits per heavy atom. The number of hydrogen-bond donors (Lipinski definition) is 1. The molecule has 0 spiro atoms. The molecule has 1 unspecified atom stereocenters. The topological polar surface area (TPSA) is 35.2 Å². The van der Waals surface area contributed by atoms with Crippen molar-refractivity contribution >= 4 is 0 Å². The highest BCUT2D eigenvalue weighted by Gasteiger charge is 2.09. The monoisotopic (exact) mass is 255 g/mol. The fraction of sp³-hybridized carbons (Fsp3) is 0.294. The first-order chi connectivity index (χ1) is 9.16. The first-order valence-corrected chi connectivity index (χ1v) is 6.65. The third kappa shape index (κ3) is 3.83. The molecule has 0 aliphatic carbocycles. The van der Waals surface area contributed by atoms with Gasteiger partial charge in [-0.1, -0.05) is 36.4 Å². The molecule has 2 N–H and O–H groups in total. The summed E-state index contributed by atoms with van der Waals surface area (Å²) in [6.45, 7) is 4.80. The van der Waals surface area contributed by atoms with E-state index in [4.69, 9.17) is 10.5 Å². The van der Waals surface area contributed by atoms with Gasteiger partial charge in [0.15, 0.2) is 0 Å². The number of rotatable bonds is 5. The molecular weight excluding hydrogens is 234 g/mol. The van der Waals surface area contributed by atoms with Crippen LogP contribution >= 0.6 is 0 Å². The van der Waals surface area contributed by atoms with Gasteiger partial charge in [0.2, 0.25) is 0 Å². The third-order valence-corrected chi connectivity index (χ3v) is 3.32. The summed E-state index contributed by atoms with van der Waals surface area (Å²) in [7, 11) is 0. The highest BCUT2D eigenvalue weighted by molar-refractivity contribution is 5.34. The van der Waals surface area contributed by atoms with Gasteiger partial charge in [0.1, 0.15) is 12.4 Å². The van der Waals surface area contributed by atoms with Crippen LogP contribution in [0.3, 0.4) is 0 Å². The van der Waals surface area contributed by atoms with Gasteiger partial charge in [-0.05, 0) is 49.1 Å². The van der Waals surface area contributed by atoms with Crippen molar-refractivity contribution in [3.05, 3.63) is 65.2 Å². The second-order valence-corrected chi connectivity index (χ2v) is 4.96. The summed E-state index contributed by atoms with van der Waals surface area (Å²) < 4.78 is 5.69. The van der Waals surface area contributed by atoms with E-state index in [0.29, 0.717) is 6.61 Å². The van der Waals surface area contributed by atoms with Crippen LogP contribution in [0.15, 0.2) is 48.5 Å². The molecule has 2 rings (SSSR count). The van der Waals surface area contributed by atoms with Gasteiger partial charge in [0, 0.05) is 6.04 Å². The number of para-hydroxylation sites is 1. The highest BCUT2D eigenvalue weighted by Crippen LogP contribution is 2.15. The average Bonchev–Trinajstić information content (AvgIpc) is 2.42. The van der Waals surface area contributed by atoms with Crippen LogP contribution in [0, 0.1) is 13.8 Å². The normalized spacial score (nSPS) is 12.2. The lowest BCUT2D eigenvalue weighted by Gasteiger charge is -2.16. The average molecular weight is 255 g/mol. The molecule has 0 saturated carbocycles. The largest absolute Gasteiger partial charge is 0.492 e. The predicted octanol–water partition coefficient (Wildman–Crippen LogP) is 3.25. The maximum atomic E-state index is 6.17. The molecule has 0 fully saturated rings. The summed E-state index contributed by atoms with van der Waals surface area (Å²) in [5.41, 5.74) is 10.1. The van der Waals surface area contributed by atoms with Gasteiger partial charge in [-0.3, -0.25) is 0 Å². The van der Waals surface area contributed by atoms with Gasteiger partial charge in [-0.25, -0.2) is 0 Å². The minimum Gasteiger partial charge on any atom is -0.492 e. The Labute approximate surface area is 115 Å². The van der Waals surface area contributed by atoms with Crippen molar-refractivity contribution in [2.75, 3.05) is 6.61 Å². The summed E-state index contributed by atoms with van der Waals surface area (Å²) in [6.07, 6.45) is 0.853. The second kappa shape index (κ2) is 6.39. The van der Waals surface area contributed by atoms with Crippen molar-refractivity contribution in [3.8, 4) is 5.75 Å². The van der Waals surface area contributed by atoms with Crippen LogP contribution in [-0.2, 0) is 6.42 Å². The highest BCUT2D eigenvalue weighted by atomic mass is 16.5. The van der Waals surface area contributed by atoms with E-state index in [1.165, 1.54) is 16.7 Å². The molecule has 19 heavy (non-hydrogen) atoms. The summed E-state index contributed by atoms with van der Waals surface area (Å²) in [4.78, 5) is 0. The number of benzene rings is 2. The van der Waals surface area contributed by atoms with Crippen LogP contribution in [-0.4, -0.2) is 12.6 Å². The van der Waals surface area contributed by atoms with Crippen molar-refractivity contribution < 1.29 is 4.74 Å². The lowest BCUT2D eigenvalue weighted by Crippen LogP contribution is -2.30. The van der Waals surface area contributed by atoms with Crippen molar-refractivity contribution in [2.24, 2.45) is 5.73 Å². The molecule has 0 heterocycles. The Hall–Kier alpha value is -1.80.